The average Bonchev–Trinajstić information content (AvgIpc) is 1.27. The molecule has 0 fully saturated rings. The van der Waals surface area contributed by atoms with Gasteiger partial charge in [-0.3, -0.25) is 10.1 Å². The van der Waals surface area contributed by atoms with Crippen LogP contribution in [0.4, 0.5) is 0 Å². The van der Waals surface area contributed by atoms with E-state index in [9.17, 15) is 10.1 Å². The van der Waals surface area contributed by atoms with E-state index in [2.05, 4.69) is 12.6 Å². The molecule has 0 aromatic carbocycles. The van der Waals surface area contributed by atoms with Crippen molar-refractivity contribution < 1.29 is 4.92 Å². The lowest BCUT2D eigenvalue weighted by atomic mass is 10.7. The van der Waals surface area contributed by atoms with Gasteiger partial charge in [0, 0.05) is 4.91 Å². The number of nitrogens with zero attached hydrogens (tertiary/aromatic N) is 1. The van der Waals surface area contributed by atoms with Crippen LogP contribution in [0.15, 0.2) is 11.1 Å². The molecule has 0 saturated carbocycles. The smallest absolute Gasteiger partial charge is 0.243 e. The summed E-state index contributed by atoms with van der Waals surface area (Å²) >= 11 is 3.66. The lowest BCUT2D eigenvalue weighted by molar-refractivity contribution is -0.402. The maximum Gasteiger partial charge on any atom is 0.243 e. The van der Waals surface area contributed by atoms with Crippen LogP contribution in [-0.4, -0.2) is 4.92 Å². The van der Waals surface area contributed by atoms with Crippen LogP contribution in [0.2, 0.25) is 0 Å². The zero-order chi connectivity index (χ0) is 5.86. The number of hydrogen-bond acceptors (Lipinski definition) is 3. The van der Waals surface area contributed by atoms with Crippen molar-refractivity contribution in [3.05, 3.63) is 21.2 Å². The van der Waals surface area contributed by atoms with Crippen LogP contribution >= 0.6 is 12.6 Å². The van der Waals surface area contributed by atoms with Crippen LogP contribution in [0.3, 0.4) is 0 Å². The molecule has 0 bridgehead atoms. The van der Waals surface area contributed by atoms with Crippen molar-refractivity contribution in [3.8, 4) is 0 Å². The van der Waals surface area contributed by atoms with Crippen molar-refractivity contribution >= 4 is 12.6 Å². The third-order valence-electron chi connectivity index (χ3n) is 0.292. The van der Waals surface area contributed by atoms with Crippen molar-refractivity contribution in [3.63, 3.8) is 0 Å². The van der Waals surface area contributed by atoms with Gasteiger partial charge in [0.25, 0.3) is 0 Å². The number of thiol groups is 1. The second-order valence-corrected chi connectivity index (χ2v) is 1.76. The third kappa shape index (κ3) is 5.49. The van der Waals surface area contributed by atoms with Gasteiger partial charge in [-0.1, -0.05) is 0 Å². The Labute approximate surface area is 46.6 Å². The molecule has 0 N–H and O–H groups in total. The largest absolute Gasteiger partial charge is 0.259 e. The summed E-state index contributed by atoms with van der Waals surface area (Å²) in [4.78, 5) is 9.36. The lowest BCUT2D eigenvalue weighted by Crippen LogP contribution is -1.82. The summed E-state index contributed by atoms with van der Waals surface area (Å²) in [5.41, 5.74) is 0. The highest BCUT2D eigenvalue weighted by Crippen LogP contribution is 1.94. The van der Waals surface area contributed by atoms with Gasteiger partial charge in [-0.05, 0) is 6.92 Å². The summed E-state index contributed by atoms with van der Waals surface area (Å²) in [6, 6.07) is 0. The van der Waals surface area contributed by atoms with E-state index in [4.69, 9.17) is 0 Å². The van der Waals surface area contributed by atoms with Gasteiger partial charge in [0.2, 0.25) is 6.20 Å². The highest BCUT2D eigenvalue weighted by Gasteiger charge is 1.84. The standard InChI is InChI=1S/C3H5NO2S/c1-3(7)2-4(5)6/h2,7H,1H3. The number of rotatable bonds is 1. The molecule has 40 valence electrons. The molecule has 0 aliphatic heterocycles. The van der Waals surface area contributed by atoms with Gasteiger partial charge in [0.15, 0.2) is 0 Å². The molecule has 0 aromatic rings. The molecule has 0 aromatic heterocycles. The summed E-state index contributed by atoms with van der Waals surface area (Å²) < 4.78 is 0. The van der Waals surface area contributed by atoms with Gasteiger partial charge < -0.3 is 0 Å². The van der Waals surface area contributed by atoms with Crippen molar-refractivity contribution in [2.45, 2.75) is 6.92 Å². The first-order valence-corrected chi connectivity index (χ1v) is 2.08. The fraction of sp³-hybridized carbons (Fsp3) is 0.333. The Morgan fingerprint density at radius 1 is 2.00 bits per heavy atom. The van der Waals surface area contributed by atoms with E-state index in [1.54, 1.807) is 6.92 Å². The maximum atomic E-state index is 9.49. The molecular formula is C3H5NO2S. The Morgan fingerprint density at radius 2 is 2.43 bits per heavy atom. The highest BCUT2D eigenvalue weighted by atomic mass is 32.1. The molecule has 7 heavy (non-hydrogen) atoms. The molecule has 0 amide bonds. The van der Waals surface area contributed by atoms with Crippen molar-refractivity contribution in [2.24, 2.45) is 0 Å². The van der Waals surface area contributed by atoms with E-state index in [0.29, 0.717) is 4.91 Å². The fourth-order valence-corrected chi connectivity index (χ4v) is 0.247. The van der Waals surface area contributed by atoms with E-state index in [0.717, 1.165) is 6.20 Å². The summed E-state index contributed by atoms with van der Waals surface area (Å²) in [5, 5.41) is 9.49. The maximum absolute atomic E-state index is 9.49. The average molecular weight is 119 g/mol. The minimum absolute atomic E-state index is 0.407. The van der Waals surface area contributed by atoms with Crippen LogP contribution in [-0.2, 0) is 0 Å². The fourth-order valence-electron chi connectivity index (χ4n) is 0.153. The Hall–Kier alpha value is -0.510. The molecule has 3 nitrogen and oxygen atoms in total. The van der Waals surface area contributed by atoms with E-state index < -0.39 is 4.92 Å². The molecule has 0 rings (SSSR count). The van der Waals surface area contributed by atoms with Gasteiger partial charge in [0.05, 0.1) is 4.92 Å². The molecular weight excluding hydrogens is 114 g/mol. The van der Waals surface area contributed by atoms with E-state index >= 15 is 0 Å². The Kier molecular flexibility index (Phi) is 2.44. The molecule has 0 aliphatic carbocycles. The van der Waals surface area contributed by atoms with Crippen molar-refractivity contribution in [2.75, 3.05) is 0 Å². The van der Waals surface area contributed by atoms with Gasteiger partial charge in [-0.25, -0.2) is 0 Å². The predicted octanol–water partition coefficient (Wildman–Crippen LogP) is 1.05. The molecule has 0 atom stereocenters. The number of hydrogen-bond donors (Lipinski definition) is 1. The summed E-state index contributed by atoms with van der Waals surface area (Å²) in [7, 11) is 0. The van der Waals surface area contributed by atoms with Crippen LogP contribution in [0.1, 0.15) is 6.92 Å². The van der Waals surface area contributed by atoms with E-state index in [1.165, 1.54) is 0 Å². The Morgan fingerprint density at radius 3 is 2.43 bits per heavy atom. The molecule has 0 unspecified atom stereocenters. The van der Waals surface area contributed by atoms with Gasteiger partial charge in [-0.15, -0.1) is 12.6 Å². The van der Waals surface area contributed by atoms with Crippen LogP contribution < -0.4 is 0 Å². The number of nitro groups is 1. The van der Waals surface area contributed by atoms with E-state index in [1.807, 2.05) is 0 Å². The molecule has 0 aliphatic rings. The monoisotopic (exact) mass is 119 g/mol. The van der Waals surface area contributed by atoms with Gasteiger partial charge in [0.1, 0.15) is 0 Å². The molecule has 4 heteroatoms. The normalized spacial score (nSPS) is 11.4. The summed E-state index contributed by atoms with van der Waals surface area (Å²) in [5.74, 6) is 0. The number of allylic oxidation sites excluding steroid dienone is 1. The first-order chi connectivity index (χ1) is 3.13. The topological polar surface area (TPSA) is 43.1 Å². The first-order valence-electron chi connectivity index (χ1n) is 1.64. The summed E-state index contributed by atoms with van der Waals surface area (Å²) in [6.45, 7) is 1.55. The van der Waals surface area contributed by atoms with Crippen molar-refractivity contribution in [1.29, 1.82) is 0 Å². The van der Waals surface area contributed by atoms with Gasteiger partial charge in [-0.2, -0.15) is 0 Å². The molecule has 0 radical (unpaired) electrons. The van der Waals surface area contributed by atoms with Crippen LogP contribution in [0.25, 0.3) is 0 Å². The lowest BCUT2D eigenvalue weighted by Gasteiger charge is -1.77. The van der Waals surface area contributed by atoms with Crippen LogP contribution in [0, 0.1) is 10.1 Å². The first kappa shape index (κ1) is 6.49. The molecule has 0 spiro atoms. The zero-order valence-corrected chi connectivity index (χ0v) is 4.68. The van der Waals surface area contributed by atoms with Gasteiger partial charge >= 0.3 is 0 Å². The zero-order valence-electron chi connectivity index (χ0n) is 3.79. The van der Waals surface area contributed by atoms with E-state index in [-0.39, 0.29) is 0 Å². The second-order valence-electron chi connectivity index (χ2n) is 1.06. The highest BCUT2D eigenvalue weighted by molar-refractivity contribution is 7.84. The SMILES string of the molecule is CC(S)=C[N+](=O)[O-]. The minimum Gasteiger partial charge on any atom is -0.259 e. The predicted molar refractivity (Wildman–Crippen MR) is 29.7 cm³/mol. The summed E-state index contributed by atoms with van der Waals surface area (Å²) in [6.07, 6.45) is 0.836. The third-order valence-corrected chi connectivity index (χ3v) is 0.408. The Balaban J connectivity index is 3.68. The van der Waals surface area contributed by atoms with Crippen molar-refractivity contribution in [1.82, 2.24) is 0 Å². The second kappa shape index (κ2) is 2.63. The minimum atomic E-state index is -0.539. The van der Waals surface area contributed by atoms with Crippen LogP contribution in [0.5, 0.6) is 0 Å². The molecule has 0 saturated heterocycles. The quantitative estimate of drug-likeness (QED) is 0.318. The Bertz CT molecular complexity index is 106. The molecule has 0 heterocycles.